The zero-order valence-corrected chi connectivity index (χ0v) is 8.98. The molecule has 1 aliphatic rings. The van der Waals surface area contributed by atoms with Crippen molar-refractivity contribution in [1.82, 2.24) is 9.97 Å². The smallest absolute Gasteiger partial charge is 0.181 e. The SMILES string of the molecule is O=C1CCc2cnc(-c3ccc(F)cc3)nc21. The number of ketones is 1. The molecule has 3 rings (SSSR count). The largest absolute Gasteiger partial charge is 0.292 e. The lowest BCUT2D eigenvalue weighted by Gasteiger charge is -2.02. The second-order valence-corrected chi connectivity index (χ2v) is 4.00. The van der Waals surface area contributed by atoms with Crippen molar-refractivity contribution in [1.29, 1.82) is 0 Å². The number of aromatic nitrogens is 2. The van der Waals surface area contributed by atoms with Crippen molar-refractivity contribution in [2.45, 2.75) is 12.8 Å². The Hall–Kier alpha value is -2.10. The average molecular weight is 228 g/mol. The van der Waals surface area contributed by atoms with E-state index in [1.165, 1.54) is 12.1 Å². The Kier molecular flexibility index (Phi) is 2.21. The molecule has 0 unspecified atom stereocenters. The monoisotopic (exact) mass is 228 g/mol. The van der Waals surface area contributed by atoms with Crippen LogP contribution in [0.5, 0.6) is 0 Å². The number of benzene rings is 1. The van der Waals surface area contributed by atoms with E-state index in [4.69, 9.17) is 0 Å². The van der Waals surface area contributed by atoms with Crippen molar-refractivity contribution in [3.8, 4) is 11.4 Å². The van der Waals surface area contributed by atoms with E-state index in [1.54, 1.807) is 18.3 Å². The molecule has 0 bridgehead atoms. The standard InChI is InChI=1S/C13H9FN2O/c14-10-4-1-8(2-5-10)13-15-7-9-3-6-11(17)12(9)16-13/h1-2,4-5,7H,3,6H2. The fourth-order valence-corrected chi connectivity index (χ4v) is 1.94. The lowest BCUT2D eigenvalue weighted by atomic mass is 10.2. The van der Waals surface area contributed by atoms with Crippen LogP contribution in [0.1, 0.15) is 22.5 Å². The highest BCUT2D eigenvalue weighted by molar-refractivity contribution is 5.98. The van der Waals surface area contributed by atoms with E-state index in [9.17, 15) is 9.18 Å². The highest BCUT2D eigenvalue weighted by atomic mass is 19.1. The minimum Gasteiger partial charge on any atom is -0.292 e. The van der Waals surface area contributed by atoms with Crippen molar-refractivity contribution in [3.05, 3.63) is 47.5 Å². The van der Waals surface area contributed by atoms with Crippen LogP contribution in [-0.4, -0.2) is 15.8 Å². The van der Waals surface area contributed by atoms with E-state index in [-0.39, 0.29) is 11.6 Å². The molecule has 0 saturated heterocycles. The van der Waals surface area contributed by atoms with Crippen molar-refractivity contribution >= 4 is 5.78 Å². The van der Waals surface area contributed by atoms with Crippen LogP contribution in [0.25, 0.3) is 11.4 Å². The van der Waals surface area contributed by atoms with E-state index in [0.29, 0.717) is 23.5 Å². The second kappa shape index (κ2) is 3.73. The van der Waals surface area contributed by atoms with Gasteiger partial charge in [-0.3, -0.25) is 4.79 Å². The Morgan fingerprint density at radius 2 is 1.88 bits per heavy atom. The summed E-state index contributed by atoms with van der Waals surface area (Å²) in [4.78, 5) is 20.0. The first-order chi connectivity index (χ1) is 8.24. The third-order valence-electron chi connectivity index (χ3n) is 2.85. The number of hydrogen-bond donors (Lipinski definition) is 0. The molecule has 0 fully saturated rings. The van der Waals surface area contributed by atoms with Crippen LogP contribution in [-0.2, 0) is 6.42 Å². The normalized spacial score (nSPS) is 13.8. The quantitative estimate of drug-likeness (QED) is 0.752. The first kappa shape index (κ1) is 10.1. The van der Waals surface area contributed by atoms with Gasteiger partial charge in [0.05, 0.1) is 0 Å². The Morgan fingerprint density at radius 1 is 1.12 bits per heavy atom. The predicted molar refractivity (Wildman–Crippen MR) is 60.1 cm³/mol. The van der Waals surface area contributed by atoms with Crippen molar-refractivity contribution < 1.29 is 9.18 Å². The van der Waals surface area contributed by atoms with E-state index in [2.05, 4.69) is 9.97 Å². The number of rotatable bonds is 1. The molecule has 1 aromatic carbocycles. The van der Waals surface area contributed by atoms with Crippen molar-refractivity contribution in [3.63, 3.8) is 0 Å². The van der Waals surface area contributed by atoms with Gasteiger partial charge in [-0.25, -0.2) is 14.4 Å². The molecule has 0 spiro atoms. The van der Waals surface area contributed by atoms with E-state index in [0.717, 1.165) is 12.0 Å². The van der Waals surface area contributed by atoms with Gasteiger partial charge in [-0.15, -0.1) is 0 Å². The van der Waals surface area contributed by atoms with Crippen LogP contribution in [0.3, 0.4) is 0 Å². The van der Waals surface area contributed by atoms with Crippen molar-refractivity contribution in [2.75, 3.05) is 0 Å². The molecule has 1 aliphatic carbocycles. The minimum atomic E-state index is -0.300. The first-order valence-corrected chi connectivity index (χ1v) is 5.39. The number of carbonyl (C=O) groups excluding carboxylic acids is 1. The summed E-state index contributed by atoms with van der Waals surface area (Å²) in [7, 11) is 0. The van der Waals surface area contributed by atoms with Crippen LogP contribution >= 0.6 is 0 Å². The van der Waals surface area contributed by atoms with Gasteiger partial charge in [-0.1, -0.05) is 0 Å². The number of Topliss-reactive ketones (excluding diaryl/α,β-unsaturated/α-hetero) is 1. The van der Waals surface area contributed by atoms with Gasteiger partial charge in [-0.05, 0) is 30.7 Å². The van der Waals surface area contributed by atoms with Crippen molar-refractivity contribution in [2.24, 2.45) is 0 Å². The molecule has 1 heterocycles. The van der Waals surface area contributed by atoms with Gasteiger partial charge in [0, 0.05) is 23.7 Å². The zero-order valence-electron chi connectivity index (χ0n) is 8.98. The minimum absolute atomic E-state index is 0.0609. The molecular weight excluding hydrogens is 219 g/mol. The molecule has 0 amide bonds. The Bertz CT molecular complexity index is 593. The first-order valence-electron chi connectivity index (χ1n) is 5.39. The summed E-state index contributed by atoms with van der Waals surface area (Å²) < 4.78 is 12.8. The summed E-state index contributed by atoms with van der Waals surface area (Å²) in [6.45, 7) is 0. The Morgan fingerprint density at radius 3 is 2.65 bits per heavy atom. The molecule has 0 radical (unpaired) electrons. The van der Waals surface area contributed by atoms with Crippen LogP contribution in [0.2, 0.25) is 0 Å². The molecule has 17 heavy (non-hydrogen) atoms. The number of aryl methyl sites for hydroxylation is 1. The summed E-state index contributed by atoms with van der Waals surface area (Å²) in [6, 6.07) is 5.93. The molecule has 2 aromatic rings. The summed E-state index contributed by atoms with van der Waals surface area (Å²) in [5.74, 6) is 0.232. The van der Waals surface area contributed by atoms with E-state index in [1.807, 2.05) is 0 Å². The molecule has 3 nitrogen and oxygen atoms in total. The third kappa shape index (κ3) is 1.71. The summed E-state index contributed by atoms with van der Waals surface area (Å²) >= 11 is 0. The van der Waals surface area contributed by atoms with Gasteiger partial charge in [-0.2, -0.15) is 0 Å². The van der Waals surface area contributed by atoms with Crippen LogP contribution < -0.4 is 0 Å². The van der Waals surface area contributed by atoms with Crippen LogP contribution in [0.4, 0.5) is 4.39 Å². The topological polar surface area (TPSA) is 42.9 Å². The third-order valence-corrected chi connectivity index (χ3v) is 2.85. The van der Waals surface area contributed by atoms with E-state index < -0.39 is 0 Å². The summed E-state index contributed by atoms with van der Waals surface area (Å²) in [5, 5.41) is 0. The fourth-order valence-electron chi connectivity index (χ4n) is 1.94. The lowest BCUT2D eigenvalue weighted by molar-refractivity contribution is 0.0990. The van der Waals surface area contributed by atoms with Gasteiger partial charge in [0.25, 0.3) is 0 Å². The maximum Gasteiger partial charge on any atom is 0.181 e. The number of fused-ring (bicyclic) bond motifs is 1. The average Bonchev–Trinajstić information content (AvgIpc) is 2.72. The Balaban J connectivity index is 2.08. The number of carbonyl (C=O) groups is 1. The zero-order chi connectivity index (χ0) is 11.8. The Labute approximate surface area is 97.3 Å². The maximum absolute atomic E-state index is 12.8. The van der Waals surface area contributed by atoms with Gasteiger partial charge >= 0.3 is 0 Å². The highest BCUT2D eigenvalue weighted by Crippen LogP contribution is 2.22. The highest BCUT2D eigenvalue weighted by Gasteiger charge is 2.22. The molecule has 0 atom stereocenters. The van der Waals surface area contributed by atoms with Gasteiger partial charge in [0.15, 0.2) is 11.6 Å². The fraction of sp³-hybridized carbons (Fsp3) is 0.154. The molecular formula is C13H9FN2O. The number of halogens is 1. The summed E-state index contributed by atoms with van der Waals surface area (Å²) in [6.07, 6.45) is 2.92. The van der Waals surface area contributed by atoms with Gasteiger partial charge in [0.1, 0.15) is 11.5 Å². The molecule has 0 N–H and O–H groups in total. The van der Waals surface area contributed by atoms with E-state index >= 15 is 0 Å². The molecule has 1 aromatic heterocycles. The number of hydrogen-bond acceptors (Lipinski definition) is 3. The van der Waals surface area contributed by atoms with Crippen LogP contribution in [0.15, 0.2) is 30.5 Å². The predicted octanol–water partition coefficient (Wildman–Crippen LogP) is 2.41. The molecule has 0 aliphatic heterocycles. The molecule has 4 heteroatoms. The molecule has 84 valence electrons. The summed E-state index contributed by atoms with van der Waals surface area (Å²) in [5.41, 5.74) is 2.13. The maximum atomic E-state index is 12.8. The second-order valence-electron chi connectivity index (χ2n) is 4.00. The number of nitrogens with zero attached hydrogens (tertiary/aromatic N) is 2. The van der Waals surface area contributed by atoms with Gasteiger partial charge in [0.2, 0.25) is 0 Å². The van der Waals surface area contributed by atoms with Gasteiger partial charge < -0.3 is 0 Å². The lowest BCUT2D eigenvalue weighted by Crippen LogP contribution is -1.99. The molecule has 0 saturated carbocycles. The van der Waals surface area contributed by atoms with Crippen LogP contribution in [0, 0.1) is 5.82 Å².